The maximum Gasteiger partial charge on any atom is 0.305 e. The van der Waals surface area contributed by atoms with E-state index in [2.05, 4.69) is 23.5 Å². The molecule has 5 nitrogen and oxygen atoms in total. The quantitative estimate of drug-likeness (QED) is 0.650. The number of rotatable bonds is 10. The first kappa shape index (κ1) is 20.8. The molecule has 0 aliphatic rings. The Balaban J connectivity index is 2.28. The molecule has 146 valence electrons. The molecular weight excluding hydrogens is 342 g/mol. The summed E-state index contributed by atoms with van der Waals surface area (Å²) in [4.78, 5) is 11.4. The average molecular weight is 371 g/mol. The zero-order chi connectivity index (χ0) is 19.6. The van der Waals surface area contributed by atoms with Crippen LogP contribution in [-0.2, 0) is 28.8 Å². The zero-order valence-corrected chi connectivity index (χ0v) is 16.6. The Morgan fingerprint density at radius 3 is 2.44 bits per heavy atom. The minimum Gasteiger partial charge on any atom is -0.496 e. The fourth-order valence-electron chi connectivity index (χ4n) is 3.18. The molecule has 0 radical (unpaired) electrons. The van der Waals surface area contributed by atoms with Crippen molar-refractivity contribution in [3.8, 4) is 11.5 Å². The van der Waals surface area contributed by atoms with Gasteiger partial charge in [-0.15, -0.1) is 0 Å². The van der Waals surface area contributed by atoms with E-state index in [1.165, 1.54) is 7.11 Å². The molecule has 0 saturated carbocycles. The van der Waals surface area contributed by atoms with Crippen LogP contribution in [0, 0.1) is 0 Å². The van der Waals surface area contributed by atoms with E-state index in [0.717, 1.165) is 46.7 Å². The summed E-state index contributed by atoms with van der Waals surface area (Å²) in [6.45, 7) is 0.880. The van der Waals surface area contributed by atoms with Crippen molar-refractivity contribution in [3.63, 3.8) is 0 Å². The highest BCUT2D eigenvalue weighted by molar-refractivity contribution is 5.69. The first-order chi connectivity index (χ1) is 13.1. The molecule has 0 aromatic heterocycles. The van der Waals surface area contributed by atoms with Crippen molar-refractivity contribution in [2.45, 2.75) is 25.7 Å². The third-order valence-electron chi connectivity index (χ3n) is 4.59. The predicted octanol–water partition coefficient (Wildman–Crippen LogP) is 3.16. The lowest BCUT2D eigenvalue weighted by Gasteiger charge is -2.17. The summed E-state index contributed by atoms with van der Waals surface area (Å²) in [7, 11) is 6.74. The van der Waals surface area contributed by atoms with E-state index < -0.39 is 0 Å². The Bertz CT molecular complexity index is 758. The van der Waals surface area contributed by atoms with Gasteiger partial charge in [0.1, 0.15) is 11.5 Å². The van der Waals surface area contributed by atoms with Gasteiger partial charge in [0.05, 0.1) is 21.3 Å². The van der Waals surface area contributed by atoms with Gasteiger partial charge in [0.25, 0.3) is 0 Å². The minimum atomic E-state index is -0.194. The van der Waals surface area contributed by atoms with Crippen LogP contribution in [0.15, 0.2) is 36.4 Å². The van der Waals surface area contributed by atoms with E-state index in [1.807, 2.05) is 25.2 Å². The van der Waals surface area contributed by atoms with Gasteiger partial charge in [-0.1, -0.05) is 30.3 Å². The molecule has 0 saturated heterocycles. The predicted molar refractivity (Wildman–Crippen MR) is 107 cm³/mol. The molecule has 0 heterocycles. The number of carbonyl (C=O) groups excluding carboxylic acids is 1. The third-order valence-corrected chi connectivity index (χ3v) is 4.59. The van der Waals surface area contributed by atoms with Crippen LogP contribution in [-0.4, -0.2) is 40.9 Å². The Kier molecular flexibility index (Phi) is 8.14. The fourth-order valence-corrected chi connectivity index (χ4v) is 3.18. The molecule has 0 spiro atoms. The van der Waals surface area contributed by atoms with Crippen LogP contribution in [0.4, 0.5) is 0 Å². The number of aryl methyl sites for hydroxylation is 1. The number of hydrogen-bond donors (Lipinski definition) is 1. The lowest BCUT2D eigenvalue weighted by molar-refractivity contribution is -0.140. The minimum absolute atomic E-state index is 0.194. The van der Waals surface area contributed by atoms with Gasteiger partial charge in [0.15, 0.2) is 0 Å². The Labute approximate surface area is 161 Å². The number of nitrogens with one attached hydrogen (secondary N) is 1. The average Bonchev–Trinajstić information content (AvgIpc) is 2.70. The molecule has 0 unspecified atom stereocenters. The van der Waals surface area contributed by atoms with Crippen LogP contribution < -0.4 is 14.8 Å². The van der Waals surface area contributed by atoms with Crippen LogP contribution in [0.1, 0.15) is 28.7 Å². The molecule has 27 heavy (non-hydrogen) atoms. The second kappa shape index (κ2) is 10.6. The smallest absolute Gasteiger partial charge is 0.305 e. The first-order valence-electron chi connectivity index (χ1n) is 9.14. The second-order valence-corrected chi connectivity index (χ2v) is 6.37. The van der Waals surface area contributed by atoms with E-state index in [1.54, 1.807) is 14.2 Å². The number of ether oxygens (including phenoxy) is 3. The van der Waals surface area contributed by atoms with Crippen molar-refractivity contribution >= 4 is 5.97 Å². The SMILES string of the molecule is CNCCc1ccc(OC)c(Cc2cccc(CCC(=O)OC)c2)c1OC. The first-order valence-corrected chi connectivity index (χ1v) is 9.14. The lowest BCUT2D eigenvalue weighted by atomic mass is 9.97. The largest absolute Gasteiger partial charge is 0.496 e. The molecule has 2 aromatic rings. The Morgan fingerprint density at radius 2 is 1.78 bits per heavy atom. The number of hydrogen-bond acceptors (Lipinski definition) is 5. The summed E-state index contributed by atoms with van der Waals surface area (Å²) in [6, 6.07) is 12.3. The summed E-state index contributed by atoms with van der Waals surface area (Å²) in [5, 5.41) is 3.18. The number of carbonyl (C=O) groups is 1. The molecule has 0 bridgehead atoms. The van der Waals surface area contributed by atoms with Crippen LogP contribution in [0.3, 0.4) is 0 Å². The van der Waals surface area contributed by atoms with Gasteiger partial charge in [0, 0.05) is 18.4 Å². The monoisotopic (exact) mass is 371 g/mol. The van der Waals surface area contributed by atoms with Crippen molar-refractivity contribution in [3.05, 3.63) is 58.7 Å². The zero-order valence-electron chi connectivity index (χ0n) is 16.6. The van der Waals surface area contributed by atoms with Gasteiger partial charge in [-0.2, -0.15) is 0 Å². The maximum atomic E-state index is 11.4. The third kappa shape index (κ3) is 5.73. The van der Waals surface area contributed by atoms with Gasteiger partial charge < -0.3 is 19.5 Å². The van der Waals surface area contributed by atoms with Crippen molar-refractivity contribution in [2.24, 2.45) is 0 Å². The maximum absolute atomic E-state index is 11.4. The number of esters is 1. The highest BCUT2D eigenvalue weighted by atomic mass is 16.5. The van der Waals surface area contributed by atoms with Gasteiger partial charge >= 0.3 is 5.97 Å². The van der Waals surface area contributed by atoms with Crippen LogP contribution in [0.5, 0.6) is 11.5 Å². The molecule has 5 heteroatoms. The van der Waals surface area contributed by atoms with E-state index in [9.17, 15) is 4.79 Å². The summed E-state index contributed by atoms with van der Waals surface area (Å²) in [5.74, 6) is 1.51. The van der Waals surface area contributed by atoms with Crippen LogP contribution >= 0.6 is 0 Å². The number of likely N-dealkylation sites (N-methyl/N-ethyl adjacent to an activating group) is 1. The van der Waals surface area contributed by atoms with Crippen molar-refractivity contribution < 1.29 is 19.0 Å². The van der Waals surface area contributed by atoms with E-state index in [4.69, 9.17) is 14.2 Å². The standard InChI is InChI=1S/C22H29NO4/c1-23-13-12-18-9-10-20(25-2)19(22(18)27-4)15-17-7-5-6-16(14-17)8-11-21(24)26-3/h5-7,9-10,14,23H,8,11-13,15H2,1-4H3. The van der Waals surface area contributed by atoms with Gasteiger partial charge in [-0.25, -0.2) is 0 Å². The summed E-state index contributed by atoms with van der Waals surface area (Å²) < 4.78 is 16.1. The molecule has 2 rings (SSSR count). The van der Waals surface area contributed by atoms with Crippen molar-refractivity contribution in [1.29, 1.82) is 0 Å². The molecule has 0 amide bonds. The summed E-state index contributed by atoms with van der Waals surface area (Å²) in [5.41, 5.74) is 4.46. The molecule has 2 aromatic carbocycles. The van der Waals surface area contributed by atoms with E-state index >= 15 is 0 Å². The van der Waals surface area contributed by atoms with E-state index in [0.29, 0.717) is 19.3 Å². The molecule has 0 atom stereocenters. The van der Waals surface area contributed by atoms with Gasteiger partial charge in [-0.05, 0) is 49.2 Å². The Hall–Kier alpha value is -2.53. The summed E-state index contributed by atoms with van der Waals surface area (Å²) in [6.07, 6.45) is 2.63. The van der Waals surface area contributed by atoms with E-state index in [-0.39, 0.29) is 5.97 Å². The van der Waals surface area contributed by atoms with Gasteiger partial charge in [0.2, 0.25) is 0 Å². The van der Waals surface area contributed by atoms with Crippen molar-refractivity contribution in [1.82, 2.24) is 5.32 Å². The lowest BCUT2D eigenvalue weighted by Crippen LogP contribution is -2.12. The topological polar surface area (TPSA) is 56.8 Å². The molecule has 0 fully saturated rings. The number of methoxy groups -OCH3 is 3. The molecule has 1 N–H and O–H groups in total. The summed E-state index contributed by atoms with van der Waals surface area (Å²) >= 11 is 0. The fraction of sp³-hybridized carbons (Fsp3) is 0.409. The van der Waals surface area contributed by atoms with Crippen LogP contribution in [0.25, 0.3) is 0 Å². The Morgan fingerprint density at radius 1 is 1.00 bits per heavy atom. The van der Waals surface area contributed by atoms with Crippen molar-refractivity contribution in [2.75, 3.05) is 34.9 Å². The molecule has 0 aliphatic heterocycles. The molecule has 0 aliphatic carbocycles. The highest BCUT2D eigenvalue weighted by Crippen LogP contribution is 2.34. The van der Waals surface area contributed by atoms with Crippen LogP contribution in [0.2, 0.25) is 0 Å². The second-order valence-electron chi connectivity index (χ2n) is 6.37. The van der Waals surface area contributed by atoms with Gasteiger partial charge in [-0.3, -0.25) is 4.79 Å². The number of benzene rings is 2. The molecular formula is C22H29NO4. The highest BCUT2D eigenvalue weighted by Gasteiger charge is 2.15. The normalized spacial score (nSPS) is 10.5.